The zero-order valence-corrected chi connectivity index (χ0v) is 16.1. The largest absolute Gasteiger partial charge is 0.481 e. The van der Waals surface area contributed by atoms with Gasteiger partial charge in [0.15, 0.2) is 6.10 Å². The zero-order valence-electron chi connectivity index (χ0n) is 13.7. The van der Waals surface area contributed by atoms with E-state index < -0.39 is 6.10 Å². The molecule has 0 aliphatic carbocycles. The Morgan fingerprint density at radius 3 is 2.54 bits per heavy atom. The van der Waals surface area contributed by atoms with E-state index in [-0.39, 0.29) is 5.91 Å². The van der Waals surface area contributed by atoms with Crippen molar-refractivity contribution in [1.82, 2.24) is 9.80 Å². The summed E-state index contributed by atoms with van der Waals surface area (Å²) in [6.07, 6.45) is -0.463. The van der Waals surface area contributed by atoms with E-state index in [1.165, 1.54) is 4.88 Å². The Labute approximate surface area is 155 Å². The Hall–Kier alpha value is -1.37. The van der Waals surface area contributed by atoms with Crippen molar-refractivity contribution in [1.29, 1.82) is 0 Å². The second kappa shape index (κ2) is 8.14. The third-order valence-electron chi connectivity index (χ3n) is 4.12. The monoisotopic (exact) mass is 408 g/mol. The average molecular weight is 409 g/mol. The number of nitrogens with zero attached hydrogens (tertiary/aromatic N) is 2. The highest BCUT2D eigenvalue weighted by atomic mass is 79.9. The van der Waals surface area contributed by atoms with Crippen molar-refractivity contribution in [2.75, 3.05) is 26.2 Å². The summed E-state index contributed by atoms with van der Waals surface area (Å²) in [6, 6.07) is 11.8. The fourth-order valence-electron chi connectivity index (χ4n) is 2.77. The Morgan fingerprint density at radius 2 is 1.92 bits per heavy atom. The molecule has 1 saturated heterocycles. The van der Waals surface area contributed by atoms with Gasteiger partial charge in [0.2, 0.25) is 0 Å². The number of hydrogen-bond acceptors (Lipinski definition) is 4. The molecule has 1 aliphatic heterocycles. The van der Waals surface area contributed by atoms with Gasteiger partial charge in [-0.15, -0.1) is 11.3 Å². The van der Waals surface area contributed by atoms with Crippen LogP contribution >= 0.6 is 27.3 Å². The van der Waals surface area contributed by atoms with Gasteiger partial charge in [-0.05, 0) is 42.6 Å². The third-order valence-corrected chi connectivity index (χ3v) is 5.51. The van der Waals surface area contributed by atoms with Crippen LogP contribution in [0.3, 0.4) is 0 Å². The minimum absolute atomic E-state index is 0.0636. The quantitative estimate of drug-likeness (QED) is 0.756. The molecule has 0 spiro atoms. The fraction of sp³-hybridized carbons (Fsp3) is 0.389. The molecule has 1 fully saturated rings. The highest BCUT2D eigenvalue weighted by Crippen LogP contribution is 2.18. The summed E-state index contributed by atoms with van der Waals surface area (Å²) in [6.45, 7) is 6.15. The SMILES string of the molecule is CC(Oc1ccc(Br)cc1)C(=O)N1CCN(Cc2cccs2)CC1. The molecule has 1 amide bonds. The van der Waals surface area contributed by atoms with Crippen molar-refractivity contribution in [3.05, 3.63) is 51.1 Å². The van der Waals surface area contributed by atoms with Crippen molar-refractivity contribution in [3.8, 4) is 5.75 Å². The number of ether oxygens (including phenoxy) is 1. The first-order valence-electron chi connectivity index (χ1n) is 8.07. The lowest BCUT2D eigenvalue weighted by atomic mass is 10.2. The number of halogens is 1. The smallest absolute Gasteiger partial charge is 0.263 e. The Kier molecular flexibility index (Phi) is 5.92. The van der Waals surface area contributed by atoms with E-state index in [2.05, 4.69) is 38.3 Å². The first-order valence-corrected chi connectivity index (χ1v) is 9.75. The van der Waals surface area contributed by atoms with E-state index in [9.17, 15) is 4.79 Å². The molecule has 4 nitrogen and oxygen atoms in total. The zero-order chi connectivity index (χ0) is 16.9. The van der Waals surface area contributed by atoms with E-state index in [1.807, 2.05) is 36.1 Å². The lowest BCUT2D eigenvalue weighted by Gasteiger charge is -2.35. The molecule has 2 heterocycles. The number of carbonyl (C=O) groups is 1. The molecule has 0 bridgehead atoms. The minimum Gasteiger partial charge on any atom is -0.481 e. The number of rotatable bonds is 5. The molecule has 0 saturated carbocycles. The van der Waals surface area contributed by atoms with Crippen LogP contribution in [-0.4, -0.2) is 48.0 Å². The first kappa shape index (κ1) is 17.5. The van der Waals surface area contributed by atoms with Crippen LogP contribution in [-0.2, 0) is 11.3 Å². The number of amides is 1. The predicted octanol–water partition coefficient (Wildman–Crippen LogP) is 3.62. The molecule has 0 radical (unpaired) electrons. The highest BCUT2D eigenvalue weighted by molar-refractivity contribution is 9.10. The maximum Gasteiger partial charge on any atom is 0.263 e. The second-order valence-corrected chi connectivity index (χ2v) is 7.84. The van der Waals surface area contributed by atoms with E-state index in [1.54, 1.807) is 11.3 Å². The first-order chi connectivity index (χ1) is 11.6. The summed E-state index contributed by atoms with van der Waals surface area (Å²) in [5.74, 6) is 0.782. The van der Waals surface area contributed by atoms with Gasteiger partial charge in [-0.1, -0.05) is 22.0 Å². The van der Waals surface area contributed by atoms with Gasteiger partial charge in [0.1, 0.15) is 5.75 Å². The molecular formula is C18H21BrN2O2S. The third kappa shape index (κ3) is 4.59. The number of carbonyl (C=O) groups excluding carboxylic acids is 1. The van der Waals surface area contributed by atoms with Crippen molar-refractivity contribution < 1.29 is 9.53 Å². The van der Waals surface area contributed by atoms with Gasteiger partial charge in [0.25, 0.3) is 5.91 Å². The van der Waals surface area contributed by atoms with Crippen molar-refractivity contribution in [2.45, 2.75) is 19.6 Å². The molecule has 1 aromatic heterocycles. The fourth-order valence-corrected chi connectivity index (χ4v) is 3.78. The molecule has 24 heavy (non-hydrogen) atoms. The second-order valence-electron chi connectivity index (χ2n) is 5.89. The molecule has 2 aromatic rings. The van der Waals surface area contributed by atoms with E-state index >= 15 is 0 Å². The van der Waals surface area contributed by atoms with Crippen molar-refractivity contribution >= 4 is 33.2 Å². The lowest BCUT2D eigenvalue weighted by molar-refractivity contribution is -0.139. The average Bonchev–Trinajstić information content (AvgIpc) is 3.10. The van der Waals surface area contributed by atoms with Crippen LogP contribution in [0.1, 0.15) is 11.8 Å². The Bertz CT molecular complexity index is 652. The molecule has 1 aliphatic rings. The van der Waals surface area contributed by atoms with Gasteiger partial charge in [-0.25, -0.2) is 0 Å². The van der Waals surface area contributed by atoms with Gasteiger partial charge >= 0.3 is 0 Å². The van der Waals surface area contributed by atoms with Crippen LogP contribution in [0.25, 0.3) is 0 Å². The maximum atomic E-state index is 12.6. The molecule has 3 rings (SSSR count). The molecule has 1 aromatic carbocycles. The predicted molar refractivity (Wildman–Crippen MR) is 100 cm³/mol. The Morgan fingerprint density at radius 1 is 1.21 bits per heavy atom. The lowest BCUT2D eigenvalue weighted by Crippen LogP contribution is -2.51. The normalized spacial score (nSPS) is 16.8. The van der Waals surface area contributed by atoms with E-state index in [0.29, 0.717) is 0 Å². The van der Waals surface area contributed by atoms with Crippen LogP contribution in [0.5, 0.6) is 5.75 Å². The Balaban J connectivity index is 1.48. The highest BCUT2D eigenvalue weighted by Gasteiger charge is 2.26. The van der Waals surface area contributed by atoms with Gasteiger partial charge in [-0.2, -0.15) is 0 Å². The van der Waals surface area contributed by atoms with E-state index in [4.69, 9.17) is 4.74 Å². The van der Waals surface area contributed by atoms with Crippen molar-refractivity contribution in [2.24, 2.45) is 0 Å². The molecule has 6 heteroatoms. The van der Waals surface area contributed by atoms with E-state index in [0.717, 1.165) is 42.9 Å². The summed E-state index contributed by atoms with van der Waals surface area (Å²) in [5, 5.41) is 2.11. The molecule has 1 atom stereocenters. The summed E-state index contributed by atoms with van der Waals surface area (Å²) >= 11 is 5.18. The van der Waals surface area contributed by atoms with Crippen LogP contribution in [0.4, 0.5) is 0 Å². The standard InChI is InChI=1S/C18H21BrN2O2S/c1-14(23-16-6-4-15(19)5-7-16)18(22)21-10-8-20(9-11-21)13-17-3-2-12-24-17/h2-7,12,14H,8-11,13H2,1H3. The van der Waals surface area contributed by atoms with Gasteiger partial charge < -0.3 is 9.64 Å². The van der Waals surface area contributed by atoms with Crippen molar-refractivity contribution in [3.63, 3.8) is 0 Å². The maximum absolute atomic E-state index is 12.6. The number of benzene rings is 1. The van der Waals surface area contributed by atoms with Crippen LogP contribution in [0.2, 0.25) is 0 Å². The van der Waals surface area contributed by atoms with Gasteiger partial charge in [-0.3, -0.25) is 9.69 Å². The van der Waals surface area contributed by atoms with Crippen LogP contribution in [0.15, 0.2) is 46.3 Å². The van der Waals surface area contributed by atoms with Gasteiger partial charge in [0.05, 0.1) is 0 Å². The van der Waals surface area contributed by atoms with Gasteiger partial charge in [0, 0.05) is 42.1 Å². The molecule has 1 unspecified atom stereocenters. The van der Waals surface area contributed by atoms with Crippen LogP contribution < -0.4 is 4.74 Å². The molecule has 0 N–H and O–H groups in total. The summed E-state index contributed by atoms with van der Waals surface area (Å²) < 4.78 is 6.77. The summed E-state index contributed by atoms with van der Waals surface area (Å²) in [5.41, 5.74) is 0. The summed E-state index contributed by atoms with van der Waals surface area (Å²) in [4.78, 5) is 18.3. The molecular weight excluding hydrogens is 388 g/mol. The molecule has 128 valence electrons. The van der Waals surface area contributed by atoms with Crippen LogP contribution in [0, 0.1) is 0 Å². The number of piperazine rings is 1. The number of hydrogen-bond donors (Lipinski definition) is 0. The minimum atomic E-state index is -0.463. The number of thiophene rings is 1. The summed E-state index contributed by atoms with van der Waals surface area (Å²) in [7, 11) is 0. The topological polar surface area (TPSA) is 32.8 Å².